The molecule has 1 aliphatic rings. The van der Waals surface area contributed by atoms with Crippen molar-refractivity contribution in [3.8, 4) is 0 Å². The normalized spacial score (nSPS) is 14.0. The largest absolute Gasteiger partial charge is 0.425 e. The van der Waals surface area contributed by atoms with Crippen molar-refractivity contribution >= 4 is 16.1 Å². The molecule has 0 aliphatic heterocycles. The van der Waals surface area contributed by atoms with Crippen LogP contribution in [0.3, 0.4) is 0 Å². The summed E-state index contributed by atoms with van der Waals surface area (Å²) in [5, 5.41) is 0. The van der Waals surface area contributed by atoms with Gasteiger partial charge in [-0.2, -0.15) is 8.42 Å². The summed E-state index contributed by atoms with van der Waals surface area (Å²) >= 11 is 0. The average Bonchev–Trinajstić information content (AvgIpc) is 2.48. The number of hydrogen-bond donors (Lipinski definition) is 0. The highest BCUT2D eigenvalue weighted by atomic mass is 32.2. The first-order chi connectivity index (χ1) is 11.0. The number of allylic oxidation sites excluding steroid dienone is 7. The zero-order chi connectivity index (χ0) is 16.7. The van der Waals surface area contributed by atoms with Crippen LogP contribution in [0.1, 0.15) is 5.56 Å². The van der Waals surface area contributed by atoms with Crippen LogP contribution in [-0.2, 0) is 23.8 Å². The molecule has 1 aromatic carbocycles. The highest BCUT2D eigenvalue weighted by molar-refractivity contribution is 7.86. The second-order valence-electron chi connectivity index (χ2n) is 4.70. The highest BCUT2D eigenvalue weighted by Gasteiger charge is 2.18. The topological polar surface area (TPSA) is 69.7 Å². The van der Waals surface area contributed by atoms with Crippen LogP contribution in [0.4, 0.5) is 0 Å². The number of rotatable bonds is 5. The Labute approximate surface area is 135 Å². The minimum Gasteiger partial charge on any atom is -0.425 e. The number of hydrogen-bond acceptors (Lipinski definition) is 5. The van der Waals surface area contributed by atoms with E-state index in [1.165, 1.54) is 12.1 Å². The van der Waals surface area contributed by atoms with Gasteiger partial charge in [0.2, 0.25) is 0 Å². The molecule has 23 heavy (non-hydrogen) atoms. The molecule has 0 saturated heterocycles. The summed E-state index contributed by atoms with van der Waals surface area (Å²) < 4.78 is 33.7. The van der Waals surface area contributed by atoms with Crippen LogP contribution in [0.25, 0.3) is 0 Å². The van der Waals surface area contributed by atoms with Gasteiger partial charge in [-0.15, -0.1) is 0 Å². The summed E-state index contributed by atoms with van der Waals surface area (Å²) in [6.45, 7) is 1.15. The van der Waals surface area contributed by atoms with E-state index in [0.29, 0.717) is 5.76 Å². The van der Waals surface area contributed by atoms with E-state index in [0.717, 1.165) is 5.56 Å². The molecule has 5 nitrogen and oxygen atoms in total. The summed E-state index contributed by atoms with van der Waals surface area (Å²) in [5.74, 6) is -0.499. The molecule has 6 heteroatoms. The van der Waals surface area contributed by atoms with E-state index in [4.69, 9.17) is 8.92 Å². The maximum atomic E-state index is 12.0. The molecule has 0 radical (unpaired) electrons. The molecule has 0 spiro atoms. The van der Waals surface area contributed by atoms with Crippen LogP contribution in [-0.4, -0.2) is 21.0 Å². The molecule has 0 amide bonds. The van der Waals surface area contributed by atoms with Crippen LogP contribution in [0, 0.1) is 6.92 Å². The Kier molecular flexibility index (Phi) is 5.67. The van der Waals surface area contributed by atoms with E-state index in [-0.39, 0.29) is 4.90 Å². The number of esters is 1. The Morgan fingerprint density at radius 1 is 1.00 bits per heavy atom. The van der Waals surface area contributed by atoms with Crippen LogP contribution in [0.5, 0.6) is 0 Å². The van der Waals surface area contributed by atoms with E-state index in [2.05, 4.69) is 0 Å². The van der Waals surface area contributed by atoms with Crippen molar-refractivity contribution < 1.29 is 22.1 Å². The maximum Gasteiger partial charge on any atom is 0.339 e. The van der Waals surface area contributed by atoms with Crippen molar-refractivity contribution in [3.05, 3.63) is 78.1 Å². The fourth-order valence-corrected chi connectivity index (χ4v) is 2.53. The van der Waals surface area contributed by atoms with Gasteiger partial charge in [0.25, 0.3) is 10.1 Å². The quantitative estimate of drug-likeness (QED) is 0.612. The summed E-state index contributed by atoms with van der Waals surface area (Å²) in [7, 11) is -3.99. The van der Waals surface area contributed by atoms with E-state index in [1.807, 2.05) is 13.0 Å². The Hall–Kier alpha value is -2.44. The van der Waals surface area contributed by atoms with E-state index >= 15 is 0 Å². The van der Waals surface area contributed by atoms with Gasteiger partial charge in [0.05, 0.1) is 4.90 Å². The minimum atomic E-state index is -3.99. The summed E-state index contributed by atoms with van der Waals surface area (Å²) in [6.07, 6.45) is 12.0. The molecule has 0 bridgehead atoms. The molecule has 1 aliphatic carbocycles. The van der Waals surface area contributed by atoms with Crippen LogP contribution >= 0.6 is 0 Å². The van der Waals surface area contributed by atoms with Gasteiger partial charge in [-0.05, 0) is 31.2 Å². The van der Waals surface area contributed by atoms with Crippen molar-refractivity contribution in [2.75, 3.05) is 6.61 Å². The third kappa shape index (κ3) is 5.36. The van der Waals surface area contributed by atoms with Crippen LogP contribution in [0.2, 0.25) is 0 Å². The SMILES string of the molecule is Cc1ccc(S(=O)(=O)OCC(=O)OC2=CC=CC=CC=C2)cc1. The van der Waals surface area contributed by atoms with Gasteiger partial charge in [-0.1, -0.05) is 48.1 Å². The minimum absolute atomic E-state index is 0.00552. The number of benzene rings is 1. The van der Waals surface area contributed by atoms with Gasteiger partial charge in [0.1, 0.15) is 5.76 Å². The molecule has 0 aromatic heterocycles. The predicted octanol–water partition coefficient (Wildman–Crippen LogP) is 2.81. The maximum absolute atomic E-state index is 12.0. The molecule has 2 rings (SSSR count). The monoisotopic (exact) mass is 332 g/mol. The van der Waals surface area contributed by atoms with Gasteiger partial charge in [0, 0.05) is 0 Å². The van der Waals surface area contributed by atoms with E-state index in [1.54, 1.807) is 48.6 Å². The number of ether oxygens (including phenoxy) is 1. The third-order valence-electron chi connectivity index (χ3n) is 2.84. The smallest absolute Gasteiger partial charge is 0.339 e. The molecule has 0 heterocycles. The molecule has 0 atom stereocenters. The number of carbonyl (C=O) groups is 1. The highest BCUT2D eigenvalue weighted by Crippen LogP contribution is 2.13. The third-order valence-corrected chi connectivity index (χ3v) is 4.12. The molecule has 0 N–H and O–H groups in total. The van der Waals surface area contributed by atoms with E-state index < -0.39 is 22.7 Å². The lowest BCUT2D eigenvalue weighted by Gasteiger charge is -2.07. The molecule has 0 saturated carbocycles. The van der Waals surface area contributed by atoms with Crippen LogP contribution < -0.4 is 0 Å². The second-order valence-corrected chi connectivity index (χ2v) is 6.32. The Bertz CT molecular complexity index is 781. The fourth-order valence-electron chi connectivity index (χ4n) is 1.68. The zero-order valence-corrected chi connectivity index (χ0v) is 13.3. The molecule has 1 aromatic rings. The van der Waals surface area contributed by atoms with Crippen LogP contribution in [0.15, 0.2) is 77.5 Å². The lowest BCUT2D eigenvalue weighted by molar-refractivity contribution is -0.141. The molecule has 0 unspecified atom stereocenters. The predicted molar refractivity (Wildman–Crippen MR) is 85.9 cm³/mol. The first-order valence-corrected chi connectivity index (χ1v) is 8.27. The van der Waals surface area contributed by atoms with Gasteiger partial charge >= 0.3 is 5.97 Å². The lowest BCUT2D eigenvalue weighted by atomic mass is 10.2. The van der Waals surface area contributed by atoms with Crippen molar-refractivity contribution in [2.45, 2.75) is 11.8 Å². The van der Waals surface area contributed by atoms with Crippen molar-refractivity contribution in [3.63, 3.8) is 0 Å². The van der Waals surface area contributed by atoms with Gasteiger partial charge in [-0.3, -0.25) is 4.18 Å². The van der Waals surface area contributed by atoms with Crippen molar-refractivity contribution in [1.82, 2.24) is 0 Å². The zero-order valence-electron chi connectivity index (χ0n) is 12.5. The van der Waals surface area contributed by atoms with Crippen molar-refractivity contribution in [2.24, 2.45) is 0 Å². The standard InChI is InChI=1S/C17H16O5S/c1-14-9-11-16(12-10-14)23(19,20)21-13-17(18)22-15-7-5-3-2-4-6-8-15/h2-12H,13H2,1H3. The molecular weight excluding hydrogens is 316 g/mol. The van der Waals surface area contributed by atoms with Gasteiger partial charge in [0.15, 0.2) is 6.61 Å². The lowest BCUT2D eigenvalue weighted by Crippen LogP contribution is -2.16. The Morgan fingerprint density at radius 2 is 1.65 bits per heavy atom. The number of carbonyl (C=O) groups excluding carboxylic acids is 1. The summed E-state index contributed by atoms with van der Waals surface area (Å²) in [5.41, 5.74) is 0.925. The molecular formula is C17H16O5S. The first-order valence-electron chi connectivity index (χ1n) is 6.86. The Balaban J connectivity index is 1.94. The summed E-state index contributed by atoms with van der Waals surface area (Å²) in [6, 6.07) is 6.15. The molecule has 0 fully saturated rings. The van der Waals surface area contributed by atoms with Gasteiger partial charge in [-0.25, -0.2) is 4.79 Å². The fraction of sp³-hybridized carbons (Fsp3) is 0.118. The van der Waals surface area contributed by atoms with Crippen molar-refractivity contribution in [1.29, 1.82) is 0 Å². The average molecular weight is 332 g/mol. The summed E-state index contributed by atoms with van der Waals surface area (Å²) in [4.78, 5) is 11.7. The molecule has 120 valence electrons. The Morgan fingerprint density at radius 3 is 2.39 bits per heavy atom. The van der Waals surface area contributed by atoms with Gasteiger partial charge < -0.3 is 4.74 Å². The second kappa shape index (κ2) is 7.71. The van der Waals surface area contributed by atoms with E-state index in [9.17, 15) is 13.2 Å². The number of aryl methyl sites for hydroxylation is 1. The first kappa shape index (κ1) is 16.9.